The second kappa shape index (κ2) is 9.55. The van der Waals surface area contributed by atoms with Gasteiger partial charge in [0.25, 0.3) is 0 Å². The number of nitrogens with one attached hydrogen (secondary N) is 1. The zero-order chi connectivity index (χ0) is 21.6. The van der Waals surface area contributed by atoms with Crippen LogP contribution in [0.15, 0.2) is 77.7 Å². The summed E-state index contributed by atoms with van der Waals surface area (Å²) < 4.78 is 33.1. The number of carbonyl (C=O) groups excluding carboxylic acids is 1. The third-order valence-corrected chi connectivity index (χ3v) is 6.14. The predicted molar refractivity (Wildman–Crippen MR) is 112 cm³/mol. The van der Waals surface area contributed by atoms with Crippen molar-refractivity contribution in [1.82, 2.24) is 4.72 Å². The summed E-state index contributed by atoms with van der Waals surface area (Å²) in [4.78, 5) is 12.2. The lowest BCUT2D eigenvalue weighted by Crippen LogP contribution is -2.24. The van der Waals surface area contributed by atoms with E-state index in [9.17, 15) is 13.2 Å². The highest BCUT2D eigenvalue weighted by molar-refractivity contribution is 7.89. The van der Waals surface area contributed by atoms with E-state index in [4.69, 9.17) is 21.6 Å². The molecule has 0 unspecified atom stereocenters. The average molecular weight is 441 g/mol. The van der Waals surface area contributed by atoms with Gasteiger partial charge in [-0.15, -0.1) is 0 Å². The molecule has 0 heterocycles. The molecule has 0 saturated carbocycles. The van der Waals surface area contributed by atoms with Gasteiger partial charge in [0.2, 0.25) is 10.0 Å². The van der Waals surface area contributed by atoms with Gasteiger partial charge in [-0.3, -0.25) is 0 Å². The smallest absolute Gasteiger partial charge is 0.338 e. The second-order valence-corrected chi connectivity index (χ2v) is 8.44. The summed E-state index contributed by atoms with van der Waals surface area (Å²) in [6.45, 7) is -0.0291. The summed E-state index contributed by atoms with van der Waals surface area (Å²) in [5, 5.41) is 9.10. The number of esters is 1. The molecule has 0 aliphatic carbocycles. The first-order valence-electron chi connectivity index (χ1n) is 8.89. The highest BCUT2D eigenvalue weighted by Crippen LogP contribution is 2.23. The minimum absolute atomic E-state index is 0.0121. The number of carbonyl (C=O) groups is 1. The summed E-state index contributed by atoms with van der Waals surface area (Å²) in [5.41, 5.74) is 1.77. The van der Waals surface area contributed by atoms with Gasteiger partial charge in [0.15, 0.2) is 0 Å². The van der Waals surface area contributed by atoms with Gasteiger partial charge in [-0.1, -0.05) is 60.1 Å². The van der Waals surface area contributed by atoms with Gasteiger partial charge in [0, 0.05) is 12.1 Å². The number of nitrogens with zero attached hydrogens (tertiary/aromatic N) is 1. The minimum atomic E-state index is -3.96. The Kier molecular flexibility index (Phi) is 6.85. The zero-order valence-electron chi connectivity index (χ0n) is 15.7. The van der Waals surface area contributed by atoms with E-state index in [2.05, 4.69) is 4.72 Å². The molecule has 3 rings (SSSR count). The van der Waals surface area contributed by atoms with Crippen molar-refractivity contribution >= 4 is 27.6 Å². The molecule has 0 aliphatic rings. The molecule has 0 saturated heterocycles. The highest BCUT2D eigenvalue weighted by atomic mass is 35.5. The molecule has 6 nitrogen and oxygen atoms in total. The molecule has 3 aromatic rings. The van der Waals surface area contributed by atoms with Crippen LogP contribution in [0, 0.1) is 11.3 Å². The van der Waals surface area contributed by atoms with Gasteiger partial charge in [-0.05, 0) is 29.8 Å². The van der Waals surface area contributed by atoms with Crippen LogP contribution in [0.5, 0.6) is 0 Å². The Labute approximate surface area is 179 Å². The van der Waals surface area contributed by atoms with Crippen molar-refractivity contribution in [3.8, 4) is 6.07 Å². The molecule has 0 spiro atoms. The molecular formula is C22H17ClN2O4S. The normalized spacial score (nSPS) is 10.9. The Morgan fingerprint density at radius 1 is 1.03 bits per heavy atom. The van der Waals surface area contributed by atoms with Gasteiger partial charge in [0.1, 0.15) is 11.5 Å². The van der Waals surface area contributed by atoms with Gasteiger partial charge in [-0.2, -0.15) is 5.26 Å². The first-order valence-corrected chi connectivity index (χ1v) is 10.7. The Bertz CT molecular complexity index is 1210. The van der Waals surface area contributed by atoms with E-state index in [0.717, 1.165) is 5.56 Å². The molecular weight excluding hydrogens is 424 g/mol. The van der Waals surface area contributed by atoms with E-state index in [-0.39, 0.29) is 28.6 Å². The van der Waals surface area contributed by atoms with E-state index in [1.165, 1.54) is 18.2 Å². The van der Waals surface area contributed by atoms with Crippen LogP contribution in [0.25, 0.3) is 0 Å². The number of sulfonamides is 1. The quantitative estimate of drug-likeness (QED) is 0.559. The molecule has 152 valence electrons. The van der Waals surface area contributed by atoms with Crippen LogP contribution in [-0.2, 0) is 27.9 Å². The van der Waals surface area contributed by atoms with E-state index in [0.29, 0.717) is 11.1 Å². The van der Waals surface area contributed by atoms with Crippen molar-refractivity contribution in [3.05, 3.63) is 100 Å². The number of halogens is 1. The van der Waals surface area contributed by atoms with E-state index in [1.54, 1.807) is 48.5 Å². The maximum atomic E-state index is 12.7. The number of nitriles is 1. The van der Waals surface area contributed by atoms with Gasteiger partial charge < -0.3 is 4.74 Å². The van der Waals surface area contributed by atoms with E-state index in [1.807, 2.05) is 12.1 Å². The monoisotopic (exact) mass is 440 g/mol. The van der Waals surface area contributed by atoms with Crippen molar-refractivity contribution in [2.75, 3.05) is 0 Å². The van der Waals surface area contributed by atoms with Gasteiger partial charge in [-0.25, -0.2) is 17.9 Å². The number of hydrogen-bond acceptors (Lipinski definition) is 5. The third-order valence-electron chi connectivity index (χ3n) is 4.26. The maximum Gasteiger partial charge on any atom is 0.338 e. The van der Waals surface area contributed by atoms with E-state index >= 15 is 0 Å². The Morgan fingerprint density at radius 3 is 2.47 bits per heavy atom. The van der Waals surface area contributed by atoms with Crippen molar-refractivity contribution in [2.45, 2.75) is 18.0 Å². The molecule has 30 heavy (non-hydrogen) atoms. The summed E-state index contributed by atoms with van der Waals surface area (Å²) in [7, 11) is -3.96. The molecule has 1 N–H and O–H groups in total. The lowest BCUT2D eigenvalue weighted by molar-refractivity contribution is 0.0472. The largest absolute Gasteiger partial charge is 0.457 e. The van der Waals surface area contributed by atoms with Crippen molar-refractivity contribution in [2.24, 2.45) is 0 Å². The lowest BCUT2D eigenvalue weighted by Gasteiger charge is -2.11. The summed E-state index contributed by atoms with van der Waals surface area (Å²) in [5.74, 6) is -0.723. The summed E-state index contributed by atoms with van der Waals surface area (Å²) >= 11 is 6.07. The number of rotatable bonds is 7. The van der Waals surface area contributed by atoms with Crippen molar-refractivity contribution < 1.29 is 17.9 Å². The fraction of sp³-hybridized carbons (Fsp3) is 0.0909. The van der Waals surface area contributed by atoms with Crippen LogP contribution < -0.4 is 4.72 Å². The maximum absolute atomic E-state index is 12.7. The summed E-state index contributed by atoms with van der Waals surface area (Å²) in [6, 6.07) is 21.7. The van der Waals surface area contributed by atoms with Crippen LogP contribution in [0.1, 0.15) is 27.0 Å². The topological polar surface area (TPSA) is 96.3 Å². The Balaban J connectivity index is 1.75. The van der Waals surface area contributed by atoms with Crippen LogP contribution >= 0.6 is 11.6 Å². The fourth-order valence-corrected chi connectivity index (χ4v) is 4.21. The fourth-order valence-electron chi connectivity index (χ4n) is 2.67. The van der Waals surface area contributed by atoms with Crippen LogP contribution in [0.2, 0.25) is 5.02 Å². The van der Waals surface area contributed by atoms with Crippen LogP contribution in [-0.4, -0.2) is 14.4 Å². The number of ether oxygens (including phenoxy) is 1. The lowest BCUT2D eigenvalue weighted by atomic mass is 10.1. The SMILES string of the molecule is N#Cc1ccccc1COC(=O)c1ccc(Cl)c(S(=O)(=O)NCc2ccccc2)c1. The standard InChI is InChI=1S/C22H17ClN2O4S/c23-20-11-10-17(22(26)29-15-19-9-5-4-8-18(19)13-24)12-21(20)30(27,28)25-14-16-6-2-1-3-7-16/h1-12,25H,14-15H2. The van der Waals surface area contributed by atoms with Gasteiger partial charge in [0.05, 0.1) is 22.2 Å². The highest BCUT2D eigenvalue weighted by Gasteiger charge is 2.21. The molecule has 0 radical (unpaired) electrons. The molecule has 0 atom stereocenters. The molecule has 0 aliphatic heterocycles. The molecule has 0 bridgehead atoms. The van der Waals surface area contributed by atoms with Crippen molar-refractivity contribution in [1.29, 1.82) is 5.26 Å². The third kappa shape index (κ3) is 5.24. The Hall–Kier alpha value is -3.18. The summed E-state index contributed by atoms with van der Waals surface area (Å²) in [6.07, 6.45) is 0. The number of benzene rings is 3. The second-order valence-electron chi connectivity index (χ2n) is 6.30. The van der Waals surface area contributed by atoms with Crippen molar-refractivity contribution in [3.63, 3.8) is 0 Å². The molecule has 8 heteroatoms. The van der Waals surface area contributed by atoms with E-state index < -0.39 is 16.0 Å². The molecule has 0 amide bonds. The molecule has 0 aromatic heterocycles. The predicted octanol–water partition coefficient (Wildman–Crippen LogP) is 4.05. The Morgan fingerprint density at radius 2 is 1.73 bits per heavy atom. The first-order chi connectivity index (χ1) is 14.4. The van der Waals surface area contributed by atoms with Crippen LogP contribution in [0.4, 0.5) is 0 Å². The van der Waals surface area contributed by atoms with Crippen LogP contribution in [0.3, 0.4) is 0 Å². The number of hydrogen-bond donors (Lipinski definition) is 1. The molecule has 0 fully saturated rings. The minimum Gasteiger partial charge on any atom is -0.457 e. The first kappa shape index (κ1) is 21.5. The zero-order valence-corrected chi connectivity index (χ0v) is 17.3. The molecule has 3 aromatic carbocycles. The van der Waals surface area contributed by atoms with Gasteiger partial charge >= 0.3 is 5.97 Å². The average Bonchev–Trinajstić information content (AvgIpc) is 2.77.